The summed E-state index contributed by atoms with van der Waals surface area (Å²) in [6.45, 7) is 37.5. The molecule has 1 unspecified atom stereocenters. The van der Waals surface area contributed by atoms with E-state index in [4.69, 9.17) is 0 Å². The quantitative estimate of drug-likeness (QED) is 0.121. The van der Waals surface area contributed by atoms with Gasteiger partial charge in [-0.2, -0.15) is 0 Å². The summed E-state index contributed by atoms with van der Waals surface area (Å²) in [5.41, 5.74) is 22.4. The number of benzene rings is 6. The molecular weight excluding hydrogens is 816 g/mol. The summed E-state index contributed by atoms with van der Waals surface area (Å²) in [4.78, 5) is 5.27. The summed E-state index contributed by atoms with van der Waals surface area (Å²) in [6.07, 6.45) is 5.64. The van der Waals surface area contributed by atoms with Gasteiger partial charge in [-0.3, -0.25) is 0 Å². The van der Waals surface area contributed by atoms with E-state index < -0.39 is 0 Å². The predicted molar refractivity (Wildman–Crippen MR) is 291 cm³/mol. The van der Waals surface area contributed by atoms with Crippen molar-refractivity contribution in [3.63, 3.8) is 0 Å². The van der Waals surface area contributed by atoms with Crippen LogP contribution in [-0.2, 0) is 27.1 Å². The van der Waals surface area contributed by atoms with Crippen molar-refractivity contribution in [1.82, 2.24) is 0 Å². The van der Waals surface area contributed by atoms with Crippen LogP contribution >= 0.6 is 11.3 Å². The Hall–Kier alpha value is -5.32. The molecule has 7 aromatic rings. The molecule has 0 saturated heterocycles. The first kappa shape index (κ1) is 44.5. The van der Waals surface area contributed by atoms with Crippen LogP contribution in [0, 0.1) is 6.92 Å². The lowest BCUT2D eigenvalue weighted by Gasteiger charge is -2.44. The van der Waals surface area contributed by atoms with Crippen molar-refractivity contribution < 1.29 is 0 Å². The van der Waals surface area contributed by atoms with Gasteiger partial charge >= 0.3 is 0 Å². The highest BCUT2D eigenvalue weighted by molar-refractivity contribution is 7.34. The summed E-state index contributed by atoms with van der Waals surface area (Å²) < 4.78 is 2.82. The minimum Gasteiger partial charge on any atom is -0.311 e. The maximum Gasteiger partial charge on any atom is 0.264 e. The summed E-state index contributed by atoms with van der Waals surface area (Å²) in [7, 11) is 0. The summed E-state index contributed by atoms with van der Waals surface area (Å²) in [6, 6.07) is 43.2. The molecule has 10 rings (SSSR count). The van der Waals surface area contributed by atoms with Crippen molar-refractivity contribution in [3.05, 3.63) is 161 Å². The average molecular weight is 885 g/mol. The first-order chi connectivity index (χ1) is 31.1. The van der Waals surface area contributed by atoms with Crippen LogP contribution in [0.3, 0.4) is 0 Å². The molecule has 0 amide bonds. The Kier molecular flexibility index (Phi) is 10.2. The van der Waals surface area contributed by atoms with Crippen molar-refractivity contribution >= 4 is 78.0 Å². The number of anilines is 6. The fraction of sp³-hybridized carbons (Fsp3) is 0.355. The van der Waals surface area contributed by atoms with E-state index in [1.807, 2.05) is 11.3 Å². The number of unbranched alkanes of at least 4 members (excludes halogenated alkanes) is 1. The maximum absolute atomic E-state index is 4.62. The third-order valence-electron chi connectivity index (χ3n) is 15.3. The summed E-state index contributed by atoms with van der Waals surface area (Å²) >= 11 is 2.04. The van der Waals surface area contributed by atoms with Crippen LogP contribution < -0.4 is 25.5 Å². The molecule has 1 atom stereocenters. The Morgan fingerprint density at radius 1 is 0.606 bits per heavy atom. The van der Waals surface area contributed by atoms with Crippen molar-refractivity contribution in [2.75, 3.05) is 9.80 Å². The number of hydrogen-bond donors (Lipinski definition) is 0. The standard InChI is InChI=1S/C62H69BN2S/c1-16-18-33-62(17-2)48-22-20-19-21-45(48)46-37-47-55-57(66-56(47)38(3)53(46)62)63-49-34-41(60(10,11)12)27-32-50(49)64(43-28-23-39(24-29-43)58(4,5)6)51-35-42(61(13,14)15)36-52(54(51)63)65(55)44-30-25-40(26-31-44)59(7,8)9/h17,19-32,34-37H,2,16,18,33H2,1,3-15H3. The molecule has 0 radical (unpaired) electrons. The second kappa shape index (κ2) is 15.1. The molecule has 4 heteroatoms. The molecular formula is C62H69BN2S. The Morgan fingerprint density at radius 2 is 1.15 bits per heavy atom. The molecule has 3 aliphatic rings. The van der Waals surface area contributed by atoms with Crippen molar-refractivity contribution in [3.8, 4) is 11.1 Å². The Balaban J connectivity index is 1.35. The van der Waals surface area contributed by atoms with Gasteiger partial charge in [-0.15, -0.1) is 17.9 Å². The second-order valence-electron chi connectivity index (χ2n) is 23.8. The van der Waals surface area contributed by atoms with Gasteiger partial charge in [0, 0.05) is 48.7 Å². The van der Waals surface area contributed by atoms with E-state index in [1.165, 1.54) is 110 Å². The van der Waals surface area contributed by atoms with Crippen LogP contribution in [-0.4, -0.2) is 6.71 Å². The normalized spacial score (nSPS) is 16.5. The van der Waals surface area contributed by atoms with Gasteiger partial charge in [-0.25, -0.2) is 0 Å². The smallest absolute Gasteiger partial charge is 0.264 e. The lowest BCUT2D eigenvalue weighted by Crippen LogP contribution is -2.60. The van der Waals surface area contributed by atoms with Crippen molar-refractivity contribution in [2.24, 2.45) is 0 Å². The lowest BCUT2D eigenvalue weighted by molar-refractivity contribution is 0.554. The van der Waals surface area contributed by atoms with Gasteiger partial charge in [-0.05, 0) is 145 Å². The molecule has 6 aromatic carbocycles. The fourth-order valence-electron chi connectivity index (χ4n) is 11.5. The number of hydrogen-bond acceptors (Lipinski definition) is 3. The number of thiophene rings is 1. The zero-order valence-corrected chi connectivity index (χ0v) is 43.0. The minimum atomic E-state index is -0.229. The van der Waals surface area contributed by atoms with Gasteiger partial charge in [0.05, 0.1) is 5.69 Å². The van der Waals surface area contributed by atoms with E-state index in [0.29, 0.717) is 0 Å². The molecule has 0 fully saturated rings. The fourth-order valence-corrected chi connectivity index (χ4v) is 12.9. The van der Waals surface area contributed by atoms with Crippen LogP contribution in [0.15, 0.2) is 122 Å². The molecule has 3 heterocycles. The topological polar surface area (TPSA) is 6.48 Å². The third-order valence-corrected chi connectivity index (χ3v) is 16.7. The zero-order valence-electron chi connectivity index (χ0n) is 42.2. The third kappa shape index (κ3) is 6.70. The molecule has 0 bridgehead atoms. The summed E-state index contributed by atoms with van der Waals surface area (Å²) in [5.74, 6) is 0. The SMILES string of the molecule is C=CC1(CCCC)c2ccccc2-c2cc3c4c(sc3c(C)c21)B1c2cc(C(C)(C)C)ccc2N(c2ccc(C(C)(C)C)cc2)c2cc(C(C)(C)C)cc(c21)N4c1ccc(C(C)(C)C)cc1. The number of nitrogens with zero attached hydrogens (tertiary/aromatic N) is 2. The Morgan fingerprint density at radius 3 is 1.71 bits per heavy atom. The molecule has 2 nitrogen and oxygen atoms in total. The van der Waals surface area contributed by atoms with Crippen LogP contribution in [0.5, 0.6) is 0 Å². The van der Waals surface area contributed by atoms with E-state index in [1.54, 1.807) is 0 Å². The van der Waals surface area contributed by atoms with E-state index in [0.717, 1.165) is 19.3 Å². The average Bonchev–Trinajstić information content (AvgIpc) is 3.78. The van der Waals surface area contributed by atoms with Gasteiger partial charge in [0.25, 0.3) is 6.71 Å². The molecule has 0 N–H and O–H groups in total. The molecule has 66 heavy (non-hydrogen) atoms. The Labute approximate surface area is 400 Å². The highest BCUT2D eigenvalue weighted by Gasteiger charge is 2.48. The van der Waals surface area contributed by atoms with E-state index >= 15 is 0 Å². The monoisotopic (exact) mass is 885 g/mol. The van der Waals surface area contributed by atoms with Gasteiger partial charge < -0.3 is 9.80 Å². The largest absolute Gasteiger partial charge is 0.311 e. The van der Waals surface area contributed by atoms with Gasteiger partial charge in [-0.1, -0.05) is 170 Å². The van der Waals surface area contributed by atoms with Gasteiger partial charge in [0.1, 0.15) is 0 Å². The molecule has 2 aliphatic heterocycles. The second-order valence-corrected chi connectivity index (χ2v) is 24.9. The van der Waals surface area contributed by atoms with Crippen LogP contribution in [0.2, 0.25) is 0 Å². The zero-order chi connectivity index (χ0) is 47.0. The molecule has 336 valence electrons. The van der Waals surface area contributed by atoms with Crippen LogP contribution in [0.25, 0.3) is 21.2 Å². The highest BCUT2D eigenvalue weighted by Crippen LogP contribution is 2.58. The van der Waals surface area contributed by atoms with Crippen LogP contribution in [0.4, 0.5) is 34.1 Å². The molecule has 1 aliphatic carbocycles. The van der Waals surface area contributed by atoms with E-state index in [2.05, 4.69) is 229 Å². The molecule has 0 saturated carbocycles. The highest BCUT2D eigenvalue weighted by atomic mass is 32.1. The summed E-state index contributed by atoms with van der Waals surface area (Å²) in [5, 5.41) is 1.35. The van der Waals surface area contributed by atoms with Crippen molar-refractivity contribution in [1.29, 1.82) is 0 Å². The number of aryl methyl sites for hydroxylation is 1. The minimum absolute atomic E-state index is 0.0246. The van der Waals surface area contributed by atoms with E-state index in [-0.39, 0.29) is 33.8 Å². The van der Waals surface area contributed by atoms with Crippen LogP contribution in [0.1, 0.15) is 148 Å². The number of allylic oxidation sites excluding steroid dienone is 1. The number of rotatable bonds is 6. The molecule has 1 aromatic heterocycles. The van der Waals surface area contributed by atoms with Gasteiger partial charge in [0.15, 0.2) is 0 Å². The van der Waals surface area contributed by atoms with Crippen molar-refractivity contribution in [2.45, 2.75) is 143 Å². The molecule has 0 spiro atoms. The number of fused-ring (bicyclic) bond motifs is 9. The van der Waals surface area contributed by atoms with E-state index in [9.17, 15) is 0 Å². The lowest BCUT2D eigenvalue weighted by atomic mass is 9.36. The van der Waals surface area contributed by atoms with Gasteiger partial charge in [0.2, 0.25) is 0 Å². The maximum atomic E-state index is 4.62. The predicted octanol–water partition coefficient (Wildman–Crippen LogP) is 16.1. The Bertz CT molecular complexity index is 3080. The first-order valence-electron chi connectivity index (χ1n) is 24.6. The first-order valence-corrected chi connectivity index (χ1v) is 25.4.